The van der Waals surface area contributed by atoms with E-state index in [1.807, 2.05) is 4.90 Å². The second-order valence-electron chi connectivity index (χ2n) is 8.26. The number of anilines is 1. The van der Waals surface area contributed by atoms with Crippen LogP contribution in [0, 0.1) is 17.7 Å². The number of nitrogens with two attached hydrogens (primary N) is 1. The van der Waals surface area contributed by atoms with Gasteiger partial charge in [-0.05, 0) is 31.4 Å². The van der Waals surface area contributed by atoms with E-state index in [0.717, 1.165) is 23.5 Å². The summed E-state index contributed by atoms with van der Waals surface area (Å²) in [7, 11) is 1.48. The Morgan fingerprint density at radius 1 is 1.32 bits per heavy atom. The molecule has 0 bridgehead atoms. The number of halogens is 1. The van der Waals surface area contributed by atoms with Gasteiger partial charge >= 0.3 is 11.7 Å². The number of aromatic nitrogens is 4. The third-order valence-corrected chi connectivity index (χ3v) is 6.01. The smallest absolute Gasteiger partial charge is 0.339 e. The molecule has 1 aliphatic heterocycles. The molecule has 0 amide bonds. The Balaban J connectivity index is 1.95. The first-order valence-corrected chi connectivity index (χ1v) is 10.9. The molecule has 0 saturated carbocycles. The average Bonchev–Trinajstić information content (AvgIpc) is 3.18. The highest BCUT2D eigenvalue weighted by Crippen LogP contribution is 2.23. The van der Waals surface area contributed by atoms with Gasteiger partial charge in [0.25, 0.3) is 5.56 Å². The van der Waals surface area contributed by atoms with Crippen molar-refractivity contribution in [1.29, 1.82) is 0 Å². The van der Waals surface area contributed by atoms with E-state index in [1.165, 1.54) is 23.7 Å². The van der Waals surface area contributed by atoms with E-state index in [2.05, 4.69) is 16.8 Å². The molecule has 178 valence electrons. The normalized spacial score (nSPS) is 15.9. The maximum absolute atomic E-state index is 14.2. The molecule has 1 aromatic carbocycles. The highest BCUT2D eigenvalue weighted by molar-refractivity contribution is 5.89. The molecule has 0 radical (unpaired) electrons. The second-order valence-corrected chi connectivity index (χ2v) is 8.26. The van der Waals surface area contributed by atoms with Crippen molar-refractivity contribution in [1.82, 2.24) is 18.7 Å². The summed E-state index contributed by atoms with van der Waals surface area (Å²) in [6.45, 7) is 2.69. The van der Waals surface area contributed by atoms with E-state index < -0.39 is 35.1 Å². The summed E-state index contributed by atoms with van der Waals surface area (Å²) in [5, 5.41) is 9.44. The van der Waals surface area contributed by atoms with Crippen LogP contribution in [-0.4, -0.2) is 48.9 Å². The monoisotopic (exact) mass is 468 g/mol. The summed E-state index contributed by atoms with van der Waals surface area (Å²) in [6.07, 6.45) is 1.75. The molecule has 2 aromatic heterocycles. The van der Waals surface area contributed by atoms with Crippen molar-refractivity contribution in [3.63, 3.8) is 0 Å². The number of aromatic carboxylic acids is 1. The molecule has 1 aliphatic rings. The molecule has 0 unspecified atom stereocenters. The number of aryl methyl sites for hydroxylation is 1. The fourth-order valence-corrected chi connectivity index (χ4v) is 4.35. The minimum absolute atomic E-state index is 0.00712. The van der Waals surface area contributed by atoms with Crippen molar-refractivity contribution in [2.45, 2.75) is 38.9 Å². The second kappa shape index (κ2) is 9.15. The number of fused-ring (bicyclic) bond motifs is 1. The van der Waals surface area contributed by atoms with Crippen LogP contribution in [0.25, 0.3) is 11.2 Å². The Hall–Kier alpha value is -3.91. The third-order valence-electron chi connectivity index (χ3n) is 6.01. The van der Waals surface area contributed by atoms with Crippen molar-refractivity contribution >= 4 is 23.1 Å². The molecule has 0 spiro atoms. The summed E-state index contributed by atoms with van der Waals surface area (Å²) in [5.74, 6) is 3.83. The fraction of sp³-hybridized carbons (Fsp3) is 0.391. The fourth-order valence-electron chi connectivity index (χ4n) is 4.35. The Kier molecular flexibility index (Phi) is 6.26. The topological polar surface area (TPSA) is 128 Å². The quantitative estimate of drug-likeness (QED) is 0.529. The van der Waals surface area contributed by atoms with Crippen molar-refractivity contribution in [2.75, 3.05) is 18.0 Å². The van der Waals surface area contributed by atoms with Gasteiger partial charge in [0.1, 0.15) is 11.4 Å². The molecule has 3 N–H and O–H groups in total. The number of rotatable bonds is 5. The zero-order valence-electron chi connectivity index (χ0n) is 18.9. The molecular weight excluding hydrogens is 443 g/mol. The molecule has 1 saturated heterocycles. The van der Waals surface area contributed by atoms with Crippen LogP contribution in [-0.2, 0) is 20.1 Å². The third kappa shape index (κ3) is 3.97. The number of piperidine rings is 1. The molecule has 0 aliphatic carbocycles. The predicted octanol–water partition coefficient (Wildman–Crippen LogP) is 0.733. The number of carboxylic acids is 1. The highest BCUT2D eigenvalue weighted by Gasteiger charge is 2.26. The summed E-state index contributed by atoms with van der Waals surface area (Å²) in [6, 6.07) is 3.69. The van der Waals surface area contributed by atoms with Crippen molar-refractivity contribution in [3.05, 3.63) is 56.0 Å². The zero-order valence-corrected chi connectivity index (χ0v) is 18.9. The van der Waals surface area contributed by atoms with Crippen molar-refractivity contribution < 1.29 is 14.3 Å². The van der Waals surface area contributed by atoms with Crippen LogP contribution in [0.5, 0.6) is 0 Å². The Morgan fingerprint density at radius 2 is 2.09 bits per heavy atom. The standard InChI is InChI=1S/C23H25FN6O4/c1-3-4-11-29-18-19(26-22(29)28-10-6-8-15(25)13-28)27(2)23(34)30(20(18)31)12-14-7-5-9-16(24)17(14)21(32)33/h5,7,9,15H,6,8,10-13,25H2,1-2H3,(H,32,33)/t15-/m1/s1. The first-order chi connectivity index (χ1) is 16.2. The zero-order chi connectivity index (χ0) is 24.6. The van der Waals surface area contributed by atoms with Gasteiger partial charge in [0.2, 0.25) is 5.95 Å². The molecule has 34 heavy (non-hydrogen) atoms. The molecule has 11 heteroatoms. The summed E-state index contributed by atoms with van der Waals surface area (Å²) in [4.78, 5) is 44.9. The summed E-state index contributed by atoms with van der Waals surface area (Å²) in [5.41, 5.74) is 4.58. The van der Waals surface area contributed by atoms with E-state index in [-0.39, 0.29) is 29.3 Å². The van der Waals surface area contributed by atoms with Crippen LogP contribution in [0.3, 0.4) is 0 Å². The van der Waals surface area contributed by atoms with E-state index in [0.29, 0.717) is 19.0 Å². The van der Waals surface area contributed by atoms with E-state index in [9.17, 15) is 23.9 Å². The first-order valence-electron chi connectivity index (χ1n) is 10.9. The average molecular weight is 468 g/mol. The van der Waals surface area contributed by atoms with E-state index in [4.69, 9.17) is 5.73 Å². The van der Waals surface area contributed by atoms with Gasteiger partial charge in [-0.25, -0.2) is 14.0 Å². The number of imidazole rings is 1. The molecule has 4 rings (SSSR count). The molecule has 10 nitrogen and oxygen atoms in total. The molecular formula is C23H25FN6O4. The van der Waals surface area contributed by atoms with Crippen LogP contribution in [0.15, 0.2) is 27.8 Å². The van der Waals surface area contributed by atoms with Gasteiger partial charge in [-0.15, -0.1) is 5.92 Å². The van der Waals surface area contributed by atoms with E-state index >= 15 is 0 Å². The molecule has 1 fully saturated rings. The largest absolute Gasteiger partial charge is 0.478 e. The van der Waals surface area contributed by atoms with Gasteiger partial charge in [-0.2, -0.15) is 4.98 Å². The first kappa shape index (κ1) is 23.3. The van der Waals surface area contributed by atoms with Crippen molar-refractivity contribution in [2.24, 2.45) is 12.8 Å². The van der Waals surface area contributed by atoms with Crippen LogP contribution in [0.4, 0.5) is 10.3 Å². The van der Waals surface area contributed by atoms with Gasteiger partial charge in [0, 0.05) is 26.2 Å². The van der Waals surface area contributed by atoms with E-state index in [1.54, 1.807) is 11.5 Å². The van der Waals surface area contributed by atoms with Crippen LogP contribution in [0.2, 0.25) is 0 Å². The minimum Gasteiger partial charge on any atom is -0.478 e. The summed E-state index contributed by atoms with van der Waals surface area (Å²) < 4.78 is 18.0. The van der Waals surface area contributed by atoms with Crippen LogP contribution < -0.4 is 21.9 Å². The molecule has 1 atom stereocenters. The lowest BCUT2D eigenvalue weighted by Gasteiger charge is -2.31. The predicted molar refractivity (Wildman–Crippen MR) is 125 cm³/mol. The van der Waals surface area contributed by atoms with Gasteiger partial charge in [0.15, 0.2) is 11.2 Å². The number of nitrogens with zero attached hydrogens (tertiary/aromatic N) is 5. The Labute approximate surface area is 194 Å². The number of carboxylic acid groups (broad SMARTS) is 1. The number of carbonyl (C=O) groups is 1. The maximum Gasteiger partial charge on any atom is 0.339 e. The van der Waals surface area contributed by atoms with Crippen LogP contribution in [0.1, 0.15) is 35.7 Å². The Morgan fingerprint density at radius 3 is 2.76 bits per heavy atom. The molecule has 3 heterocycles. The SMILES string of the molecule is CC#CCn1c(N2CCC[C@@H](N)C2)nc2c1c(=O)n(Cc1cccc(F)c1C(=O)O)c(=O)n2C. The lowest BCUT2D eigenvalue weighted by molar-refractivity contribution is 0.0690. The number of hydrogen-bond acceptors (Lipinski definition) is 6. The van der Waals surface area contributed by atoms with Gasteiger partial charge in [0.05, 0.1) is 13.1 Å². The summed E-state index contributed by atoms with van der Waals surface area (Å²) >= 11 is 0. The Bertz CT molecular complexity index is 1460. The van der Waals surface area contributed by atoms with Gasteiger partial charge < -0.3 is 15.7 Å². The van der Waals surface area contributed by atoms with Gasteiger partial charge in [-0.3, -0.25) is 18.5 Å². The number of benzene rings is 1. The lowest BCUT2D eigenvalue weighted by atomic mass is 10.1. The highest BCUT2D eigenvalue weighted by atomic mass is 19.1. The number of hydrogen-bond donors (Lipinski definition) is 2. The maximum atomic E-state index is 14.2. The van der Waals surface area contributed by atoms with Gasteiger partial charge in [-0.1, -0.05) is 18.1 Å². The molecule has 3 aromatic rings. The van der Waals surface area contributed by atoms with Crippen LogP contribution >= 0.6 is 0 Å². The van der Waals surface area contributed by atoms with Crippen molar-refractivity contribution in [3.8, 4) is 11.8 Å². The lowest BCUT2D eigenvalue weighted by Crippen LogP contribution is -2.44. The minimum atomic E-state index is -1.48.